The van der Waals surface area contributed by atoms with Crippen molar-refractivity contribution in [3.8, 4) is 0 Å². The Labute approximate surface area is 124 Å². The first-order valence-corrected chi connectivity index (χ1v) is 6.87. The van der Waals surface area contributed by atoms with Crippen LogP contribution in [-0.4, -0.2) is 29.4 Å². The van der Waals surface area contributed by atoms with Crippen LogP contribution in [0.25, 0.3) is 0 Å². The second-order valence-corrected chi connectivity index (χ2v) is 4.98. The maximum absolute atomic E-state index is 11.9. The van der Waals surface area contributed by atoms with Crippen LogP contribution in [0.15, 0.2) is 48.8 Å². The van der Waals surface area contributed by atoms with E-state index in [2.05, 4.69) is 15.2 Å². The predicted octanol–water partition coefficient (Wildman–Crippen LogP) is 2.12. The van der Waals surface area contributed by atoms with Gasteiger partial charge in [-0.3, -0.25) is 9.78 Å². The van der Waals surface area contributed by atoms with Crippen molar-refractivity contribution >= 4 is 17.3 Å². The van der Waals surface area contributed by atoms with Crippen LogP contribution in [0.4, 0.5) is 11.4 Å². The topological polar surface area (TPSA) is 71.2 Å². The summed E-state index contributed by atoms with van der Waals surface area (Å²) >= 11 is 0. The van der Waals surface area contributed by atoms with Gasteiger partial charge in [0.1, 0.15) is 0 Å². The molecule has 0 fully saturated rings. The van der Waals surface area contributed by atoms with Crippen molar-refractivity contribution < 1.29 is 4.79 Å². The molecule has 0 aliphatic carbocycles. The van der Waals surface area contributed by atoms with Gasteiger partial charge in [-0.15, -0.1) is 0 Å². The van der Waals surface area contributed by atoms with Crippen molar-refractivity contribution in [3.63, 3.8) is 0 Å². The zero-order valence-corrected chi connectivity index (χ0v) is 12.1. The molecule has 0 unspecified atom stereocenters. The average molecular weight is 284 g/mol. The maximum Gasteiger partial charge on any atom is 0.225 e. The van der Waals surface area contributed by atoms with E-state index in [1.54, 1.807) is 24.5 Å². The van der Waals surface area contributed by atoms with Crippen LogP contribution >= 0.6 is 0 Å². The first kappa shape index (κ1) is 15.0. The van der Waals surface area contributed by atoms with Gasteiger partial charge in [0.25, 0.3) is 0 Å². The lowest BCUT2D eigenvalue weighted by Gasteiger charge is -2.16. The molecule has 2 aromatic rings. The first-order chi connectivity index (χ1) is 10.1. The number of hydrogen-bond acceptors (Lipinski definition) is 4. The van der Waals surface area contributed by atoms with Crippen LogP contribution in [0, 0.1) is 0 Å². The number of amides is 1. The summed E-state index contributed by atoms with van der Waals surface area (Å²) in [5.74, 6) is -0.0329. The molecule has 5 nitrogen and oxygen atoms in total. The van der Waals surface area contributed by atoms with E-state index in [1.807, 2.05) is 31.3 Å². The van der Waals surface area contributed by atoms with E-state index >= 15 is 0 Å². The molecule has 0 saturated heterocycles. The van der Waals surface area contributed by atoms with Crippen molar-refractivity contribution in [2.45, 2.75) is 13.0 Å². The summed E-state index contributed by atoms with van der Waals surface area (Å²) in [4.78, 5) is 18.0. The second-order valence-electron chi connectivity index (χ2n) is 4.98. The smallest absolute Gasteiger partial charge is 0.225 e. The summed E-state index contributed by atoms with van der Waals surface area (Å²) in [5, 5.41) is 2.83. The summed E-state index contributed by atoms with van der Waals surface area (Å²) in [7, 11) is 1.99. The molecule has 5 heteroatoms. The van der Waals surface area contributed by atoms with Crippen LogP contribution in [-0.2, 0) is 11.3 Å². The number of nitrogen functional groups attached to an aromatic ring is 1. The quantitative estimate of drug-likeness (QED) is 0.797. The summed E-state index contributed by atoms with van der Waals surface area (Å²) in [6, 6.07) is 11.2. The van der Waals surface area contributed by atoms with Crippen molar-refractivity contribution in [1.82, 2.24) is 9.88 Å². The highest BCUT2D eigenvalue weighted by molar-refractivity contribution is 5.93. The summed E-state index contributed by atoms with van der Waals surface area (Å²) < 4.78 is 0. The Bertz CT molecular complexity index is 586. The lowest BCUT2D eigenvalue weighted by atomic mass is 10.2. The van der Waals surface area contributed by atoms with E-state index in [4.69, 9.17) is 5.73 Å². The van der Waals surface area contributed by atoms with Crippen LogP contribution in [0.2, 0.25) is 0 Å². The average Bonchev–Trinajstić information content (AvgIpc) is 2.49. The third kappa shape index (κ3) is 4.89. The van der Waals surface area contributed by atoms with Gasteiger partial charge in [-0.05, 0) is 36.9 Å². The van der Waals surface area contributed by atoms with Gasteiger partial charge >= 0.3 is 0 Å². The molecule has 1 heterocycles. The lowest BCUT2D eigenvalue weighted by molar-refractivity contribution is -0.116. The SMILES string of the molecule is CN(CCC(=O)Nc1ccccc1N)Cc1ccncc1. The van der Waals surface area contributed by atoms with E-state index in [-0.39, 0.29) is 5.91 Å². The Balaban J connectivity index is 1.77. The monoisotopic (exact) mass is 284 g/mol. The zero-order valence-electron chi connectivity index (χ0n) is 12.1. The fourth-order valence-corrected chi connectivity index (χ4v) is 1.99. The molecule has 0 saturated carbocycles. The van der Waals surface area contributed by atoms with E-state index in [0.29, 0.717) is 24.3 Å². The number of carbonyl (C=O) groups is 1. The molecule has 0 aliphatic rings. The number of rotatable bonds is 6. The van der Waals surface area contributed by atoms with Crippen molar-refractivity contribution in [1.29, 1.82) is 0 Å². The minimum Gasteiger partial charge on any atom is -0.397 e. The number of nitrogens with one attached hydrogen (secondary N) is 1. The van der Waals surface area contributed by atoms with Crippen LogP contribution in [0.5, 0.6) is 0 Å². The molecule has 110 valence electrons. The number of para-hydroxylation sites is 2. The van der Waals surface area contributed by atoms with Gasteiger partial charge in [-0.1, -0.05) is 12.1 Å². The van der Waals surface area contributed by atoms with Crippen molar-refractivity contribution in [2.24, 2.45) is 0 Å². The van der Waals surface area contributed by atoms with Crippen LogP contribution in [0.1, 0.15) is 12.0 Å². The molecule has 2 rings (SSSR count). The number of pyridine rings is 1. The molecule has 0 radical (unpaired) electrons. The number of carbonyl (C=O) groups excluding carboxylic acids is 1. The highest BCUT2D eigenvalue weighted by atomic mass is 16.1. The molecular weight excluding hydrogens is 264 g/mol. The largest absolute Gasteiger partial charge is 0.397 e. The summed E-state index contributed by atoms with van der Waals surface area (Å²) in [6.45, 7) is 1.48. The van der Waals surface area contributed by atoms with Gasteiger partial charge in [0.15, 0.2) is 0 Å². The Kier molecular flexibility index (Phi) is 5.29. The molecule has 0 aliphatic heterocycles. The second kappa shape index (κ2) is 7.40. The van der Waals surface area contributed by atoms with Crippen LogP contribution in [0.3, 0.4) is 0 Å². The van der Waals surface area contributed by atoms with E-state index in [0.717, 1.165) is 6.54 Å². The number of hydrogen-bond donors (Lipinski definition) is 2. The standard InChI is InChI=1S/C16H20N4O/c1-20(12-13-6-9-18-10-7-13)11-8-16(21)19-15-5-3-2-4-14(15)17/h2-7,9-10H,8,11-12,17H2,1H3,(H,19,21). The maximum atomic E-state index is 11.9. The molecule has 0 spiro atoms. The molecule has 1 aromatic carbocycles. The van der Waals surface area contributed by atoms with Gasteiger partial charge in [0, 0.05) is 31.9 Å². The number of aromatic nitrogens is 1. The Morgan fingerprint density at radius 1 is 1.24 bits per heavy atom. The molecular formula is C16H20N4O. The zero-order chi connectivity index (χ0) is 15.1. The molecule has 0 bridgehead atoms. The van der Waals surface area contributed by atoms with Gasteiger partial charge in [-0.2, -0.15) is 0 Å². The fourth-order valence-electron chi connectivity index (χ4n) is 1.99. The highest BCUT2D eigenvalue weighted by Crippen LogP contribution is 2.16. The lowest BCUT2D eigenvalue weighted by Crippen LogP contribution is -2.24. The minimum atomic E-state index is -0.0329. The normalized spacial score (nSPS) is 10.6. The van der Waals surface area contributed by atoms with Crippen LogP contribution < -0.4 is 11.1 Å². The summed E-state index contributed by atoms with van der Waals surface area (Å²) in [5.41, 5.74) is 8.22. The third-order valence-corrected chi connectivity index (χ3v) is 3.16. The number of benzene rings is 1. The Morgan fingerprint density at radius 3 is 2.67 bits per heavy atom. The van der Waals surface area contributed by atoms with Gasteiger partial charge in [-0.25, -0.2) is 0 Å². The van der Waals surface area contributed by atoms with E-state index in [9.17, 15) is 4.79 Å². The molecule has 1 amide bonds. The highest BCUT2D eigenvalue weighted by Gasteiger charge is 2.07. The number of nitrogens with two attached hydrogens (primary N) is 1. The molecule has 21 heavy (non-hydrogen) atoms. The van der Waals surface area contributed by atoms with E-state index in [1.165, 1.54) is 5.56 Å². The molecule has 0 atom stereocenters. The Morgan fingerprint density at radius 2 is 1.95 bits per heavy atom. The van der Waals surface area contributed by atoms with E-state index < -0.39 is 0 Å². The van der Waals surface area contributed by atoms with Gasteiger partial charge < -0.3 is 16.0 Å². The van der Waals surface area contributed by atoms with Crippen molar-refractivity contribution in [2.75, 3.05) is 24.6 Å². The van der Waals surface area contributed by atoms with Gasteiger partial charge in [0.05, 0.1) is 11.4 Å². The van der Waals surface area contributed by atoms with Gasteiger partial charge in [0.2, 0.25) is 5.91 Å². The fraction of sp³-hybridized carbons (Fsp3) is 0.250. The number of nitrogens with zero attached hydrogens (tertiary/aromatic N) is 2. The Hall–Kier alpha value is -2.40. The number of anilines is 2. The third-order valence-electron chi connectivity index (χ3n) is 3.16. The predicted molar refractivity (Wildman–Crippen MR) is 84.7 cm³/mol. The summed E-state index contributed by atoms with van der Waals surface area (Å²) in [6.07, 6.45) is 3.97. The van der Waals surface area contributed by atoms with Crippen molar-refractivity contribution in [3.05, 3.63) is 54.4 Å². The molecule has 1 aromatic heterocycles. The first-order valence-electron chi connectivity index (χ1n) is 6.87. The molecule has 3 N–H and O–H groups in total. The minimum absolute atomic E-state index is 0.0329.